The molecule has 9 heteroatoms. The topological polar surface area (TPSA) is 98.8 Å². The van der Waals surface area contributed by atoms with Crippen molar-refractivity contribution in [2.75, 3.05) is 6.61 Å². The normalized spacial score (nSPS) is 11.7. The van der Waals surface area contributed by atoms with Gasteiger partial charge < -0.3 is 9.47 Å². The predicted molar refractivity (Wildman–Crippen MR) is 108 cm³/mol. The molecule has 29 heavy (non-hydrogen) atoms. The largest absolute Gasteiger partial charge is 0.457 e. The van der Waals surface area contributed by atoms with E-state index in [1.54, 1.807) is 45.0 Å². The molecular weight excluding hydrogens is 418 g/mol. The Morgan fingerprint density at radius 1 is 1.07 bits per heavy atom. The lowest BCUT2D eigenvalue weighted by Gasteiger charge is -2.19. The summed E-state index contributed by atoms with van der Waals surface area (Å²) in [6.07, 6.45) is 0. The van der Waals surface area contributed by atoms with E-state index in [9.17, 15) is 18.0 Å². The Kier molecular flexibility index (Phi) is 7.40. The Balaban J connectivity index is 2.10. The number of esters is 2. The fourth-order valence-electron chi connectivity index (χ4n) is 2.27. The molecular formula is C20H22ClNO6S. The number of ether oxygens (including phenoxy) is 2. The molecule has 0 aliphatic carbocycles. The molecule has 0 atom stereocenters. The molecule has 0 amide bonds. The van der Waals surface area contributed by atoms with Crippen molar-refractivity contribution in [1.82, 2.24) is 4.72 Å². The number of carbonyl (C=O) groups excluding carboxylic acids is 2. The minimum atomic E-state index is -3.98. The third-order valence-corrected chi connectivity index (χ3v) is 5.39. The van der Waals surface area contributed by atoms with Crippen LogP contribution in [0.2, 0.25) is 5.02 Å². The van der Waals surface area contributed by atoms with Crippen molar-refractivity contribution >= 4 is 33.6 Å². The van der Waals surface area contributed by atoms with Crippen molar-refractivity contribution < 1.29 is 27.5 Å². The van der Waals surface area contributed by atoms with Crippen molar-refractivity contribution in [3.05, 3.63) is 64.7 Å². The van der Waals surface area contributed by atoms with Crippen LogP contribution < -0.4 is 4.72 Å². The highest BCUT2D eigenvalue weighted by molar-refractivity contribution is 7.89. The quantitative estimate of drug-likeness (QED) is 0.664. The van der Waals surface area contributed by atoms with Gasteiger partial charge in [0.15, 0.2) is 6.61 Å². The second-order valence-corrected chi connectivity index (χ2v) is 9.26. The zero-order valence-electron chi connectivity index (χ0n) is 16.3. The summed E-state index contributed by atoms with van der Waals surface area (Å²) >= 11 is 6.02. The summed E-state index contributed by atoms with van der Waals surface area (Å²) in [7, 11) is -3.98. The fourth-order valence-corrected chi connectivity index (χ4v) is 3.81. The van der Waals surface area contributed by atoms with Crippen molar-refractivity contribution in [2.45, 2.75) is 37.8 Å². The second-order valence-electron chi connectivity index (χ2n) is 7.12. The van der Waals surface area contributed by atoms with Gasteiger partial charge >= 0.3 is 11.9 Å². The lowest BCUT2D eigenvalue weighted by Crippen LogP contribution is -2.27. The van der Waals surface area contributed by atoms with Gasteiger partial charge in [-0.2, -0.15) is 0 Å². The van der Waals surface area contributed by atoms with Gasteiger partial charge in [-0.05, 0) is 44.5 Å². The van der Waals surface area contributed by atoms with Gasteiger partial charge in [-0.25, -0.2) is 22.7 Å². The SMILES string of the molecule is CC(C)(C)OC(=O)COC(=O)c1ccc(Cl)c(S(=O)(=O)NCc2ccccc2)c1. The van der Waals surface area contributed by atoms with E-state index in [2.05, 4.69) is 4.72 Å². The van der Waals surface area contributed by atoms with Crippen LogP contribution >= 0.6 is 11.6 Å². The molecule has 0 radical (unpaired) electrons. The van der Waals surface area contributed by atoms with E-state index >= 15 is 0 Å². The van der Waals surface area contributed by atoms with E-state index in [0.29, 0.717) is 0 Å². The first-order valence-electron chi connectivity index (χ1n) is 8.70. The molecule has 0 heterocycles. The Labute approximate surface area is 175 Å². The minimum Gasteiger partial charge on any atom is -0.457 e. The van der Waals surface area contributed by atoms with Crippen LogP contribution in [0.5, 0.6) is 0 Å². The lowest BCUT2D eigenvalue weighted by atomic mass is 10.2. The Morgan fingerprint density at radius 2 is 1.72 bits per heavy atom. The third-order valence-electron chi connectivity index (χ3n) is 3.51. The summed E-state index contributed by atoms with van der Waals surface area (Å²) < 4.78 is 37.6. The summed E-state index contributed by atoms with van der Waals surface area (Å²) in [6, 6.07) is 12.6. The highest BCUT2D eigenvalue weighted by Gasteiger charge is 2.22. The maximum Gasteiger partial charge on any atom is 0.344 e. The zero-order valence-corrected chi connectivity index (χ0v) is 17.8. The Bertz CT molecular complexity index is 984. The maximum absolute atomic E-state index is 12.6. The molecule has 0 saturated carbocycles. The van der Waals surface area contributed by atoms with Gasteiger partial charge in [-0.15, -0.1) is 0 Å². The van der Waals surface area contributed by atoms with E-state index in [1.807, 2.05) is 6.07 Å². The van der Waals surface area contributed by atoms with Crippen molar-refractivity contribution in [3.63, 3.8) is 0 Å². The molecule has 2 aromatic carbocycles. The molecule has 0 bridgehead atoms. The van der Waals surface area contributed by atoms with Crippen molar-refractivity contribution in [2.24, 2.45) is 0 Å². The second kappa shape index (κ2) is 9.39. The monoisotopic (exact) mass is 439 g/mol. The van der Waals surface area contributed by atoms with Crippen LogP contribution in [0.4, 0.5) is 0 Å². The highest BCUT2D eigenvalue weighted by Crippen LogP contribution is 2.23. The lowest BCUT2D eigenvalue weighted by molar-refractivity contribution is -0.158. The summed E-state index contributed by atoms with van der Waals surface area (Å²) in [5.74, 6) is -1.58. The molecule has 2 aromatic rings. The number of nitrogens with one attached hydrogen (secondary N) is 1. The van der Waals surface area contributed by atoms with Crippen LogP contribution in [0.1, 0.15) is 36.7 Å². The van der Waals surface area contributed by atoms with E-state index in [4.69, 9.17) is 21.1 Å². The number of sulfonamides is 1. The first kappa shape index (κ1) is 22.9. The highest BCUT2D eigenvalue weighted by atomic mass is 35.5. The van der Waals surface area contributed by atoms with Crippen LogP contribution in [0, 0.1) is 0 Å². The number of hydrogen-bond donors (Lipinski definition) is 1. The molecule has 0 fully saturated rings. The van der Waals surface area contributed by atoms with Crippen LogP contribution in [0.15, 0.2) is 53.4 Å². The first-order valence-corrected chi connectivity index (χ1v) is 10.6. The summed E-state index contributed by atoms with van der Waals surface area (Å²) in [4.78, 5) is 23.6. The molecule has 0 unspecified atom stereocenters. The predicted octanol–water partition coefficient (Wildman–Crippen LogP) is 3.32. The minimum absolute atomic E-state index is 0.0470. The van der Waals surface area contributed by atoms with Crippen molar-refractivity contribution in [3.8, 4) is 0 Å². The molecule has 0 aromatic heterocycles. The molecule has 0 spiro atoms. The summed E-state index contributed by atoms with van der Waals surface area (Å²) in [6.45, 7) is 4.53. The van der Waals surface area contributed by atoms with Gasteiger partial charge in [0, 0.05) is 6.54 Å². The van der Waals surface area contributed by atoms with Gasteiger partial charge in [-0.3, -0.25) is 0 Å². The smallest absolute Gasteiger partial charge is 0.344 e. The molecule has 1 N–H and O–H groups in total. The maximum atomic E-state index is 12.6. The molecule has 0 aliphatic heterocycles. The summed E-state index contributed by atoms with van der Waals surface area (Å²) in [5.41, 5.74) is -0.00623. The summed E-state index contributed by atoms with van der Waals surface area (Å²) in [5, 5.41) is -0.0470. The molecule has 0 saturated heterocycles. The van der Waals surface area contributed by atoms with Gasteiger partial charge in [0.1, 0.15) is 10.5 Å². The number of benzene rings is 2. The van der Waals surface area contributed by atoms with E-state index in [1.165, 1.54) is 12.1 Å². The molecule has 7 nitrogen and oxygen atoms in total. The Hall–Kier alpha value is -2.42. The third kappa shape index (κ3) is 7.16. The molecule has 2 rings (SSSR count). The number of carbonyl (C=O) groups is 2. The number of hydrogen-bond acceptors (Lipinski definition) is 6. The first-order chi connectivity index (χ1) is 13.5. The van der Waals surface area contributed by atoms with Gasteiger partial charge in [0.05, 0.1) is 10.6 Å². The van der Waals surface area contributed by atoms with Gasteiger partial charge in [0.25, 0.3) is 0 Å². The Morgan fingerprint density at radius 3 is 2.34 bits per heavy atom. The van der Waals surface area contributed by atoms with Crippen molar-refractivity contribution in [1.29, 1.82) is 0 Å². The van der Waals surface area contributed by atoms with E-state index in [0.717, 1.165) is 11.6 Å². The number of rotatable bonds is 7. The zero-order chi connectivity index (χ0) is 21.7. The van der Waals surface area contributed by atoms with Crippen LogP contribution in [-0.4, -0.2) is 32.6 Å². The van der Waals surface area contributed by atoms with Crippen LogP contribution in [-0.2, 0) is 30.8 Å². The standard InChI is InChI=1S/C20H22ClNO6S/c1-20(2,3)28-18(23)13-27-19(24)15-9-10-16(21)17(11-15)29(25,26)22-12-14-7-5-4-6-8-14/h4-11,22H,12-13H2,1-3H3. The fraction of sp³-hybridized carbons (Fsp3) is 0.300. The molecule has 0 aliphatic rings. The number of halogens is 1. The van der Waals surface area contributed by atoms with E-state index < -0.39 is 34.2 Å². The average Bonchev–Trinajstić information content (AvgIpc) is 2.64. The van der Waals surface area contributed by atoms with Gasteiger partial charge in [-0.1, -0.05) is 41.9 Å². The van der Waals surface area contributed by atoms with Crippen LogP contribution in [0.25, 0.3) is 0 Å². The van der Waals surface area contributed by atoms with Crippen LogP contribution in [0.3, 0.4) is 0 Å². The average molecular weight is 440 g/mol. The van der Waals surface area contributed by atoms with Gasteiger partial charge in [0.2, 0.25) is 10.0 Å². The van der Waals surface area contributed by atoms with E-state index in [-0.39, 0.29) is 22.0 Å². The molecule has 156 valence electrons.